The molecule has 3 aromatic rings. The lowest BCUT2D eigenvalue weighted by atomic mass is 10.3. The number of H-pyrrole nitrogens is 1. The molecule has 0 aliphatic carbocycles. The Hall–Kier alpha value is -2.63. The van der Waals surface area contributed by atoms with Crippen LogP contribution in [0.4, 0.5) is 0 Å². The minimum atomic E-state index is -0.197. The van der Waals surface area contributed by atoms with Crippen molar-refractivity contribution in [3.05, 3.63) is 48.0 Å². The number of aryl methyl sites for hydroxylation is 1. The van der Waals surface area contributed by atoms with E-state index in [1.54, 1.807) is 16.9 Å². The molecule has 0 aliphatic rings. The third-order valence-electron chi connectivity index (χ3n) is 3.05. The number of benzene rings is 1. The van der Waals surface area contributed by atoms with Crippen molar-refractivity contribution in [3.8, 4) is 0 Å². The van der Waals surface area contributed by atoms with Crippen LogP contribution in [-0.4, -0.2) is 25.7 Å². The van der Waals surface area contributed by atoms with Gasteiger partial charge in [0.25, 0.3) is 5.91 Å². The standard InChI is InChI=1S/C14H15N5O/c1-2-19-8-7-12(18-19)14(20)15-9-13-16-10-5-3-4-6-11(10)17-13/h3-8H,2,9H2,1H3,(H,15,20)(H,16,17). The molecule has 1 aromatic carbocycles. The Labute approximate surface area is 115 Å². The molecule has 0 radical (unpaired) electrons. The number of para-hydroxylation sites is 2. The molecule has 0 saturated heterocycles. The van der Waals surface area contributed by atoms with Gasteiger partial charge in [-0.2, -0.15) is 5.10 Å². The Kier molecular flexibility index (Phi) is 3.20. The molecule has 2 N–H and O–H groups in total. The Bertz CT molecular complexity index is 710. The summed E-state index contributed by atoms with van der Waals surface area (Å²) >= 11 is 0. The second-order valence-electron chi connectivity index (χ2n) is 4.44. The second kappa shape index (κ2) is 5.16. The molecule has 0 spiro atoms. The molecule has 1 amide bonds. The van der Waals surface area contributed by atoms with Gasteiger partial charge >= 0.3 is 0 Å². The fourth-order valence-electron chi connectivity index (χ4n) is 2.00. The number of nitrogens with one attached hydrogen (secondary N) is 2. The molecule has 2 heterocycles. The molecule has 0 fully saturated rings. The van der Waals surface area contributed by atoms with E-state index >= 15 is 0 Å². The lowest BCUT2D eigenvalue weighted by Crippen LogP contribution is -2.24. The summed E-state index contributed by atoms with van der Waals surface area (Å²) in [6.07, 6.45) is 1.79. The third kappa shape index (κ3) is 2.40. The largest absolute Gasteiger partial charge is 0.343 e. The summed E-state index contributed by atoms with van der Waals surface area (Å²) in [5.74, 6) is 0.534. The summed E-state index contributed by atoms with van der Waals surface area (Å²) in [5, 5.41) is 6.96. The molecule has 3 rings (SSSR count). The number of carbonyl (C=O) groups excluding carboxylic acids is 1. The van der Waals surface area contributed by atoms with Gasteiger partial charge in [0.05, 0.1) is 17.6 Å². The number of fused-ring (bicyclic) bond motifs is 1. The van der Waals surface area contributed by atoms with Gasteiger partial charge in [-0.15, -0.1) is 0 Å². The summed E-state index contributed by atoms with van der Waals surface area (Å²) in [7, 11) is 0. The van der Waals surface area contributed by atoms with Crippen molar-refractivity contribution in [1.82, 2.24) is 25.1 Å². The number of hydrogen-bond acceptors (Lipinski definition) is 3. The monoisotopic (exact) mass is 269 g/mol. The van der Waals surface area contributed by atoms with Gasteiger partial charge in [-0.1, -0.05) is 12.1 Å². The molecule has 0 bridgehead atoms. The molecule has 2 aromatic heterocycles. The first kappa shape index (κ1) is 12.4. The highest BCUT2D eigenvalue weighted by Crippen LogP contribution is 2.10. The van der Waals surface area contributed by atoms with Gasteiger partial charge in [-0.25, -0.2) is 4.98 Å². The Balaban J connectivity index is 1.68. The van der Waals surface area contributed by atoms with E-state index in [1.807, 2.05) is 31.2 Å². The number of nitrogens with zero attached hydrogens (tertiary/aromatic N) is 3. The zero-order chi connectivity index (χ0) is 13.9. The van der Waals surface area contributed by atoms with Crippen LogP contribution in [0, 0.1) is 0 Å². The van der Waals surface area contributed by atoms with Gasteiger partial charge in [0, 0.05) is 12.7 Å². The van der Waals surface area contributed by atoms with E-state index in [0.717, 1.165) is 23.4 Å². The smallest absolute Gasteiger partial charge is 0.272 e. The predicted molar refractivity (Wildman–Crippen MR) is 75.2 cm³/mol. The van der Waals surface area contributed by atoms with E-state index in [0.29, 0.717) is 12.2 Å². The maximum Gasteiger partial charge on any atom is 0.272 e. The fraction of sp³-hybridized carbons (Fsp3) is 0.214. The van der Waals surface area contributed by atoms with Crippen molar-refractivity contribution >= 4 is 16.9 Å². The molecular weight excluding hydrogens is 254 g/mol. The van der Waals surface area contributed by atoms with E-state index < -0.39 is 0 Å². The molecule has 0 atom stereocenters. The SMILES string of the molecule is CCn1ccc(C(=O)NCc2nc3ccccc3[nH]2)n1. The molecule has 0 aliphatic heterocycles. The van der Waals surface area contributed by atoms with E-state index in [1.165, 1.54) is 0 Å². The van der Waals surface area contributed by atoms with Crippen LogP contribution in [0.2, 0.25) is 0 Å². The zero-order valence-corrected chi connectivity index (χ0v) is 11.1. The van der Waals surface area contributed by atoms with Crippen molar-refractivity contribution in [2.24, 2.45) is 0 Å². The van der Waals surface area contributed by atoms with Crippen LogP contribution in [0.25, 0.3) is 11.0 Å². The second-order valence-corrected chi connectivity index (χ2v) is 4.44. The number of aromatic amines is 1. The van der Waals surface area contributed by atoms with Crippen molar-refractivity contribution in [1.29, 1.82) is 0 Å². The predicted octanol–water partition coefficient (Wildman–Crippen LogP) is 1.71. The van der Waals surface area contributed by atoms with Gasteiger partial charge in [0.2, 0.25) is 0 Å². The number of hydrogen-bond donors (Lipinski definition) is 2. The van der Waals surface area contributed by atoms with Gasteiger partial charge in [-0.05, 0) is 25.1 Å². The van der Waals surface area contributed by atoms with Crippen molar-refractivity contribution in [2.75, 3.05) is 0 Å². The minimum absolute atomic E-state index is 0.197. The van der Waals surface area contributed by atoms with Crippen LogP contribution in [0.1, 0.15) is 23.2 Å². The quantitative estimate of drug-likeness (QED) is 0.757. The fourth-order valence-corrected chi connectivity index (χ4v) is 2.00. The van der Waals surface area contributed by atoms with E-state index in [4.69, 9.17) is 0 Å². The molecule has 6 nitrogen and oxygen atoms in total. The molecule has 6 heteroatoms. The maximum absolute atomic E-state index is 11.9. The zero-order valence-electron chi connectivity index (χ0n) is 11.1. The first-order chi connectivity index (χ1) is 9.76. The molecule has 0 unspecified atom stereocenters. The van der Waals surface area contributed by atoms with Gasteiger partial charge in [0.1, 0.15) is 11.5 Å². The van der Waals surface area contributed by atoms with E-state index in [2.05, 4.69) is 20.4 Å². The van der Waals surface area contributed by atoms with Crippen LogP contribution < -0.4 is 5.32 Å². The maximum atomic E-state index is 11.9. The summed E-state index contributed by atoms with van der Waals surface area (Å²) in [5.41, 5.74) is 2.28. The van der Waals surface area contributed by atoms with Crippen LogP contribution in [0.3, 0.4) is 0 Å². The minimum Gasteiger partial charge on any atom is -0.343 e. The van der Waals surface area contributed by atoms with Crippen molar-refractivity contribution in [2.45, 2.75) is 20.0 Å². The highest BCUT2D eigenvalue weighted by molar-refractivity contribution is 5.92. The summed E-state index contributed by atoms with van der Waals surface area (Å²) in [4.78, 5) is 19.5. The van der Waals surface area contributed by atoms with E-state index in [-0.39, 0.29) is 5.91 Å². The van der Waals surface area contributed by atoms with Gasteiger partial charge < -0.3 is 10.3 Å². The van der Waals surface area contributed by atoms with Crippen molar-refractivity contribution < 1.29 is 4.79 Å². The number of amides is 1. The van der Waals surface area contributed by atoms with E-state index in [9.17, 15) is 4.79 Å². The molecule has 102 valence electrons. The highest BCUT2D eigenvalue weighted by Gasteiger charge is 2.10. The van der Waals surface area contributed by atoms with Crippen LogP contribution in [0.5, 0.6) is 0 Å². The lowest BCUT2D eigenvalue weighted by molar-refractivity contribution is 0.0944. The Morgan fingerprint density at radius 1 is 1.35 bits per heavy atom. The Morgan fingerprint density at radius 3 is 2.95 bits per heavy atom. The van der Waals surface area contributed by atoms with Crippen LogP contribution in [-0.2, 0) is 13.1 Å². The number of carbonyl (C=O) groups is 1. The van der Waals surface area contributed by atoms with Crippen LogP contribution in [0.15, 0.2) is 36.5 Å². The Morgan fingerprint density at radius 2 is 2.20 bits per heavy atom. The van der Waals surface area contributed by atoms with Crippen molar-refractivity contribution in [3.63, 3.8) is 0 Å². The number of imidazole rings is 1. The summed E-state index contributed by atoms with van der Waals surface area (Å²) in [6, 6.07) is 9.47. The average Bonchev–Trinajstić information content (AvgIpc) is 3.10. The first-order valence-corrected chi connectivity index (χ1v) is 6.51. The normalized spacial score (nSPS) is 10.8. The molecule has 20 heavy (non-hydrogen) atoms. The first-order valence-electron chi connectivity index (χ1n) is 6.51. The third-order valence-corrected chi connectivity index (χ3v) is 3.05. The summed E-state index contributed by atoms with van der Waals surface area (Å²) in [6.45, 7) is 3.08. The van der Waals surface area contributed by atoms with Crippen LogP contribution >= 0.6 is 0 Å². The number of aromatic nitrogens is 4. The highest BCUT2D eigenvalue weighted by atomic mass is 16.1. The molecular formula is C14H15N5O. The summed E-state index contributed by atoms with van der Waals surface area (Å²) < 4.78 is 1.72. The molecule has 0 saturated carbocycles. The average molecular weight is 269 g/mol. The van der Waals surface area contributed by atoms with Gasteiger partial charge in [-0.3, -0.25) is 9.48 Å². The number of rotatable bonds is 4. The topological polar surface area (TPSA) is 75.6 Å². The van der Waals surface area contributed by atoms with Gasteiger partial charge in [0.15, 0.2) is 0 Å². The lowest BCUT2D eigenvalue weighted by Gasteiger charge is -2.00.